The molecule has 3 fully saturated rings. The van der Waals surface area contributed by atoms with Crippen LogP contribution < -0.4 is 10.6 Å². The molecule has 0 radical (unpaired) electrons. The molecule has 0 bridgehead atoms. The smallest absolute Gasteiger partial charge is 0.238 e. The molecule has 2 aromatic heterocycles. The summed E-state index contributed by atoms with van der Waals surface area (Å²) in [6.07, 6.45) is 5.19. The second-order valence-electron chi connectivity index (χ2n) is 17.5. The summed E-state index contributed by atoms with van der Waals surface area (Å²) in [6, 6.07) is 25.0. The largest absolute Gasteiger partial charge is 0.428 e. The number of halogens is 3. The molecule has 4 aliphatic rings. The van der Waals surface area contributed by atoms with Crippen molar-refractivity contribution >= 4 is 40.8 Å². The molecule has 4 heterocycles. The number of benzene rings is 3. The highest BCUT2D eigenvalue weighted by Gasteiger charge is 2.77. The zero-order valence-electron chi connectivity index (χ0n) is 33.0. The zero-order valence-corrected chi connectivity index (χ0v) is 34.5. The maximum Gasteiger partial charge on any atom is 0.238 e. The standard InChI is InChI=1S/C46H47Cl2FN6O4/c1-44(2)22-24-45(25-23-44)46(32-20-21-34(48)52-40(32)53-43(46)58)35(31-14-9-15-33(47)36(31)49)38(41(57)51-30-18-16-29(17-19-30)42-54-50-26-59-42)55(45)37(27-10-5-3-6-11-27)39(56)28-12-7-4-8-13-28/h3-15,20-21,26,29-30,35,37-39,56H,16-19,22-25H2,1-2H3,(H,51,57)(H,52,53,58)/t29?,30?,35-,37+,38+,39-,46?/m0/s1. The Labute approximate surface area is 352 Å². The topological polar surface area (TPSA) is 133 Å². The first-order valence-corrected chi connectivity index (χ1v) is 21.3. The van der Waals surface area contributed by atoms with Crippen LogP contribution in [0, 0.1) is 11.2 Å². The molecule has 3 N–H and O–H groups in total. The van der Waals surface area contributed by atoms with E-state index in [2.05, 4.69) is 44.6 Å². The van der Waals surface area contributed by atoms with E-state index in [0.717, 1.165) is 18.4 Å². The monoisotopic (exact) mass is 836 g/mol. The Morgan fingerprint density at radius 2 is 1.59 bits per heavy atom. The maximum atomic E-state index is 17.2. The van der Waals surface area contributed by atoms with Crippen molar-refractivity contribution in [1.29, 1.82) is 0 Å². The minimum Gasteiger partial charge on any atom is -0.428 e. The number of aliphatic hydroxyl groups excluding tert-OH is 1. The molecule has 1 saturated heterocycles. The number of carbonyl (C=O) groups is 2. The molecule has 2 amide bonds. The van der Waals surface area contributed by atoms with E-state index in [9.17, 15) is 5.11 Å². The van der Waals surface area contributed by atoms with Crippen molar-refractivity contribution in [3.63, 3.8) is 0 Å². The van der Waals surface area contributed by atoms with Gasteiger partial charge in [0.2, 0.25) is 24.1 Å². The Kier molecular flexibility index (Phi) is 10.4. The molecular weight excluding hydrogens is 790 g/mol. The van der Waals surface area contributed by atoms with Crippen molar-refractivity contribution in [3.05, 3.63) is 142 Å². The van der Waals surface area contributed by atoms with E-state index in [1.165, 1.54) is 12.5 Å². The minimum atomic E-state index is -1.59. The fraction of sp³-hybridized carbons (Fsp3) is 0.413. The fourth-order valence-electron chi connectivity index (χ4n) is 11.1. The molecule has 306 valence electrons. The molecule has 13 heteroatoms. The highest BCUT2D eigenvalue weighted by atomic mass is 35.5. The number of hydrogen-bond donors (Lipinski definition) is 3. The molecule has 2 aliphatic heterocycles. The molecular formula is C46H47Cl2FN6O4. The van der Waals surface area contributed by atoms with Gasteiger partial charge < -0.3 is 20.2 Å². The number of nitrogens with zero attached hydrogens (tertiary/aromatic N) is 4. The molecule has 9 rings (SSSR count). The van der Waals surface area contributed by atoms with Crippen LogP contribution in [-0.2, 0) is 15.0 Å². The summed E-state index contributed by atoms with van der Waals surface area (Å²) in [7, 11) is 0. The molecule has 2 saturated carbocycles. The second-order valence-corrected chi connectivity index (χ2v) is 18.3. The van der Waals surface area contributed by atoms with Gasteiger partial charge in [-0.15, -0.1) is 10.2 Å². The minimum absolute atomic E-state index is 0.0700. The zero-order chi connectivity index (χ0) is 41.1. The van der Waals surface area contributed by atoms with E-state index in [0.29, 0.717) is 55.5 Å². The van der Waals surface area contributed by atoms with Crippen LogP contribution in [-0.4, -0.2) is 54.6 Å². The number of nitrogens with one attached hydrogen (secondary N) is 2. The quantitative estimate of drug-likeness (QED) is 0.132. The summed E-state index contributed by atoms with van der Waals surface area (Å²) in [5.74, 6) is -1.66. The van der Waals surface area contributed by atoms with Gasteiger partial charge in [0.05, 0.1) is 23.2 Å². The average Bonchev–Trinajstić information content (AvgIpc) is 3.94. The summed E-state index contributed by atoms with van der Waals surface area (Å²) < 4.78 is 22.7. The van der Waals surface area contributed by atoms with Gasteiger partial charge in [-0.2, -0.15) is 0 Å². The lowest BCUT2D eigenvalue weighted by Gasteiger charge is -2.56. The summed E-state index contributed by atoms with van der Waals surface area (Å²) in [6.45, 7) is 4.43. The van der Waals surface area contributed by atoms with Gasteiger partial charge in [-0.1, -0.05) is 116 Å². The number of likely N-dealkylation sites (tertiary alicyclic amines) is 1. The van der Waals surface area contributed by atoms with Crippen LogP contribution in [0.2, 0.25) is 10.2 Å². The first-order chi connectivity index (χ1) is 28.4. The van der Waals surface area contributed by atoms with Crippen molar-refractivity contribution in [2.75, 3.05) is 5.32 Å². The predicted octanol–water partition coefficient (Wildman–Crippen LogP) is 9.22. The van der Waals surface area contributed by atoms with Gasteiger partial charge in [-0.3, -0.25) is 14.5 Å². The Morgan fingerprint density at radius 3 is 2.25 bits per heavy atom. The van der Waals surface area contributed by atoms with E-state index in [4.69, 9.17) is 27.6 Å². The molecule has 5 aromatic rings. The summed E-state index contributed by atoms with van der Waals surface area (Å²) in [5, 5.41) is 27.5. The van der Waals surface area contributed by atoms with Crippen LogP contribution in [0.15, 0.2) is 102 Å². The molecule has 10 nitrogen and oxygen atoms in total. The first-order valence-electron chi connectivity index (χ1n) is 20.5. The van der Waals surface area contributed by atoms with Gasteiger partial charge in [0.1, 0.15) is 22.2 Å². The van der Waals surface area contributed by atoms with Gasteiger partial charge in [0.25, 0.3) is 0 Å². The van der Waals surface area contributed by atoms with Crippen LogP contribution >= 0.6 is 23.2 Å². The fourth-order valence-corrected chi connectivity index (χ4v) is 11.4. The van der Waals surface area contributed by atoms with Crippen LogP contribution in [0.4, 0.5) is 10.2 Å². The lowest BCUT2D eigenvalue weighted by Crippen LogP contribution is -2.64. The number of pyridine rings is 1. The van der Waals surface area contributed by atoms with Crippen molar-refractivity contribution in [2.45, 2.75) is 112 Å². The van der Waals surface area contributed by atoms with Crippen molar-refractivity contribution in [2.24, 2.45) is 5.41 Å². The molecule has 3 aromatic carbocycles. The van der Waals surface area contributed by atoms with E-state index in [-0.39, 0.29) is 44.8 Å². The summed E-state index contributed by atoms with van der Waals surface area (Å²) >= 11 is 13.2. The van der Waals surface area contributed by atoms with Crippen LogP contribution in [0.25, 0.3) is 0 Å². The van der Waals surface area contributed by atoms with Crippen LogP contribution in [0.3, 0.4) is 0 Å². The Balaban J connectivity index is 1.31. The molecule has 2 aliphatic carbocycles. The normalized spacial score (nSPS) is 27.0. The van der Waals surface area contributed by atoms with E-state index in [1.807, 2.05) is 66.7 Å². The van der Waals surface area contributed by atoms with Gasteiger partial charge in [0, 0.05) is 29.0 Å². The van der Waals surface area contributed by atoms with Crippen molar-refractivity contribution < 1.29 is 23.5 Å². The summed E-state index contributed by atoms with van der Waals surface area (Å²) in [5.41, 5.74) is -0.795. The molecule has 5 atom stereocenters. The Morgan fingerprint density at radius 1 is 0.915 bits per heavy atom. The second kappa shape index (κ2) is 15.4. The number of carbonyl (C=O) groups excluding carboxylic acids is 2. The third kappa shape index (κ3) is 6.56. The molecule has 1 unspecified atom stereocenters. The Bertz CT molecular complexity index is 2330. The van der Waals surface area contributed by atoms with Gasteiger partial charge >= 0.3 is 0 Å². The highest BCUT2D eigenvalue weighted by molar-refractivity contribution is 6.31. The predicted molar refractivity (Wildman–Crippen MR) is 222 cm³/mol. The Hall–Kier alpha value is -4.68. The number of rotatable bonds is 8. The van der Waals surface area contributed by atoms with E-state index >= 15 is 14.0 Å². The number of hydrogen-bond acceptors (Lipinski definition) is 8. The summed E-state index contributed by atoms with van der Waals surface area (Å²) in [4.78, 5) is 38.3. The lowest BCUT2D eigenvalue weighted by atomic mass is 9.53. The van der Waals surface area contributed by atoms with Crippen LogP contribution in [0.5, 0.6) is 0 Å². The van der Waals surface area contributed by atoms with Crippen molar-refractivity contribution in [1.82, 2.24) is 25.4 Å². The lowest BCUT2D eigenvalue weighted by molar-refractivity contribution is -0.137. The van der Waals surface area contributed by atoms with Gasteiger partial charge in [0.15, 0.2) is 0 Å². The number of anilines is 1. The maximum absolute atomic E-state index is 17.2. The molecule has 59 heavy (non-hydrogen) atoms. The number of aliphatic hydroxyl groups is 1. The van der Waals surface area contributed by atoms with E-state index < -0.39 is 46.8 Å². The number of aromatic nitrogens is 3. The first kappa shape index (κ1) is 39.8. The third-order valence-electron chi connectivity index (χ3n) is 13.9. The van der Waals surface area contributed by atoms with Crippen molar-refractivity contribution in [3.8, 4) is 0 Å². The van der Waals surface area contributed by atoms with Gasteiger partial charge in [-0.05, 0) is 85.6 Å². The number of amides is 2. The number of fused-ring (bicyclic) bond motifs is 3. The van der Waals surface area contributed by atoms with Crippen LogP contribution in [0.1, 0.15) is 117 Å². The molecule has 2 spiro atoms. The third-order valence-corrected chi connectivity index (χ3v) is 14.4. The van der Waals surface area contributed by atoms with Gasteiger partial charge in [-0.25, -0.2) is 9.37 Å². The highest BCUT2D eigenvalue weighted by Crippen LogP contribution is 2.69. The van der Waals surface area contributed by atoms with E-state index in [1.54, 1.807) is 18.2 Å². The average molecular weight is 838 g/mol. The SMILES string of the molecule is CC1(C)CCC2(CC1)N([C@H](c1ccccc1)[C@@H](O)c1ccccc1)[C@@H](C(=O)NC1CCC(c3nnco3)CC1)[C@H](c1cccc(Cl)c1F)C21C(=O)Nc2nc(Cl)ccc21.